The molecule has 0 radical (unpaired) electrons. The van der Waals surface area contributed by atoms with Crippen LogP contribution in [0.5, 0.6) is 5.75 Å². The highest BCUT2D eigenvalue weighted by Gasteiger charge is 2.66. The number of anilines is 1. The third-order valence-electron chi connectivity index (χ3n) is 6.98. The summed E-state index contributed by atoms with van der Waals surface area (Å²) in [6.07, 6.45) is 0. The summed E-state index contributed by atoms with van der Waals surface area (Å²) in [5.74, 6) is -4.17. The number of carboxylic acids is 1. The molecule has 2 amide bonds. The number of aliphatic carboxylic acids is 1. The van der Waals surface area contributed by atoms with Gasteiger partial charge in [-0.3, -0.25) is 24.6 Å². The lowest BCUT2D eigenvalue weighted by Gasteiger charge is -2.28. The smallest absolute Gasteiger partial charge is 0.324 e. The van der Waals surface area contributed by atoms with Crippen LogP contribution < -0.4 is 10.2 Å². The molecule has 0 bridgehead atoms. The van der Waals surface area contributed by atoms with Crippen molar-refractivity contribution in [1.29, 1.82) is 0 Å². The number of carbonyl (C=O) groups excluding carboxylic acids is 2. The van der Waals surface area contributed by atoms with Gasteiger partial charge in [0, 0.05) is 36.4 Å². The first kappa shape index (κ1) is 22.8. The normalized spacial score (nSPS) is 26.5. The van der Waals surface area contributed by atoms with Crippen molar-refractivity contribution in [2.24, 2.45) is 11.8 Å². The monoisotopic (exact) mass is 451 g/mol. The van der Waals surface area contributed by atoms with Crippen molar-refractivity contribution in [2.75, 3.05) is 18.0 Å². The number of amides is 2. The summed E-state index contributed by atoms with van der Waals surface area (Å²) in [6, 6.07) is 13.5. The van der Waals surface area contributed by atoms with Crippen molar-refractivity contribution in [2.45, 2.75) is 38.9 Å². The van der Waals surface area contributed by atoms with Gasteiger partial charge in [-0.2, -0.15) is 0 Å². The lowest BCUT2D eigenvalue weighted by molar-refractivity contribution is -0.150. The Morgan fingerprint density at radius 3 is 2.33 bits per heavy atom. The van der Waals surface area contributed by atoms with E-state index in [2.05, 4.69) is 10.2 Å². The molecule has 8 nitrogen and oxygen atoms in total. The van der Waals surface area contributed by atoms with Crippen LogP contribution in [0, 0.1) is 11.8 Å². The fourth-order valence-electron chi connectivity index (χ4n) is 5.16. The summed E-state index contributed by atoms with van der Waals surface area (Å²) >= 11 is 0. The van der Waals surface area contributed by atoms with E-state index in [4.69, 9.17) is 0 Å². The number of benzene rings is 2. The van der Waals surface area contributed by atoms with Crippen LogP contribution in [0.4, 0.5) is 5.69 Å². The fraction of sp³-hybridized carbons (Fsp3) is 0.400. The van der Waals surface area contributed by atoms with Crippen LogP contribution in [0.3, 0.4) is 0 Å². The van der Waals surface area contributed by atoms with Gasteiger partial charge in [0.05, 0.1) is 18.4 Å². The van der Waals surface area contributed by atoms with E-state index in [0.29, 0.717) is 5.56 Å². The second-order valence-electron chi connectivity index (χ2n) is 8.80. The molecule has 33 heavy (non-hydrogen) atoms. The Balaban J connectivity index is 1.73. The topological polar surface area (TPSA) is 110 Å². The average molecular weight is 452 g/mol. The molecule has 174 valence electrons. The van der Waals surface area contributed by atoms with Crippen LogP contribution in [0.15, 0.2) is 48.5 Å². The second kappa shape index (κ2) is 8.51. The summed E-state index contributed by atoms with van der Waals surface area (Å²) in [6.45, 7) is 7.08. The maximum Gasteiger partial charge on any atom is 0.324 e. The van der Waals surface area contributed by atoms with Crippen molar-refractivity contribution in [3.63, 3.8) is 0 Å². The van der Waals surface area contributed by atoms with Crippen LogP contribution in [-0.4, -0.2) is 51.5 Å². The highest BCUT2D eigenvalue weighted by molar-refractivity contribution is 6.09. The summed E-state index contributed by atoms with van der Waals surface area (Å²) in [5, 5.41) is 23.9. The van der Waals surface area contributed by atoms with Gasteiger partial charge in [0.15, 0.2) is 0 Å². The Kier molecular flexibility index (Phi) is 5.88. The van der Waals surface area contributed by atoms with Gasteiger partial charge in [-0.25, -0.2) is 0 Å². The van der Waals surface area contributed by atoms with Crippen LogP contribution in [0.1, 0.15) is 37.9 Å². The molecule has 3 N–H and O–H groups in total. The Hall–Kier alpha value is -3.39. The zero-order valence-corrected chi connectivity index (χ0v) is 19.0. The average Bonchev–Trinajstić information content (AvgIpc) is 3.24. The summed E-state index contributed by atoms with van der Waals surface area (Å²) in [4.78, 5) is 42.3. The molecule has 4 atom stereocenters. The van der Waals surface area contributed by atoms with Gasteiger partial charge < -0.3 is 15.1 Å². The Bertz CT molecular complexity index is 1080. The number of carbonyl (C=O) groups is 3. The van der Waals surface area contributed by atoms with Crippen LogP contribution >= 0.6 is 0 Å². The predicted octanol–water partition coefficient (Wildman–Crippen LogP) is 2.53. The van der Waals surface area contributed by atoms with Crippen LogP contribution in [0.25, 0.3) is 0 Å². The molecular weight excluding hydrogens is 422 g/mol. The molecule has 0 aliphatic carbocycles. The number of carboxylic acid groups (broad SMARTS) is 1. The highest BCUT2D eigenvalue weighted by Crippen LogP contribution is 2.50. The third-order valence-corrected chi connectivity index (χ3v) is 6.98. The first-order chi connectivity index (χ1) is 15.7. The van der Waals surface area contributed by atoms with E-state index in [0.717, 1.165) is 29.2 Å². The first-order valence-electron chi connectivity index (χ1n) is 11.2. The number of hydrogen-bond donors (Lipinski definition) is 3. The van der Waals surface area contributed by atoms with Gasteiger partial charge in [0.25, 0.3) is 0 Å². The van der Waals surface area contributed by atoms with Gasteiger partial charge in [0.1, 0.15) is 11.3 Å². The van der Waals surface area contributed by atoms with Gasteiger partial charge in [-0.1, -0.05) is 36.4 Å². The molecule has 2 aromatic rings. The van der Waals surface area contributed by atoms with E-state index >= 15 is 0 Å². The Labute approximate surface area is 192 Å². The van der Waals surface area contributed by atoms with Crippen LogP contribution in [-0.2, 0) is 20.9 Å². The molecule has 2 fully saturated rings. The zero-order chi connectivity index (χ0) is 23.9. The number of aromatic hydroxyl groups is 1. The van der Waals surface area contributed by atoms with E-state index in [1.165, 1.54) is 6.92 Å². The molecule has 0 saturated carbocycles. The number of nitrogens with one attached hydrogen (secondary N) is 1. The van der Waals surface area contributed by atoms with Crippen molar-refractivity contribution >= 4 is 23.5 Å². The molecule has 2 aromatic carbocycles. The number of phenolic OH excluding ortho intramolecular Hbond substituents is 1. The standard InChI is InChI=1S/C25H29N3O5/c1-4-27(5-2)16-11-12-17(18(29)13-16)21-19-20(25(3,26-21)24(32)33)23(31)28(22(19)30)14-15-9-7-6-8-10-15/h6-13,19-21,26,29H,4-5,14H2,1-3H3,(H,32,33)/t19-,20+,21-,25-/m0/s1. The minimum atomic E-state index is -1.64. The van der Waals surface area contributed by atoms with Gasteiger partial charge in [0.2, 0.25) is 11.8 Å². The molecule has 8 heteroatoms. The number of fused-ring (bicyclic) bond motifs is 1. The van der Waals surface area contributed by atoms with Crippen molar-refractivity contribution in [3.05, 3.63) is 59.7 Å². The largest absolute Gasteiger partial charge is 0.508 e. The van der Waals surface area contributed by atoms with Gasteiger partial charge in [-0.05, 0) is 32.4 Å². The molecule has 0 unspecified atom stereocenters. The third kappa shape index (κ3) is 3.64. The number of likely N-dealkylation sites (tertiary alicyclic amines) is 1. The van der Waals surface area contributed by atoms with E-state index in [1.807, 2.05) is 50.2 Å². The predicted molar refractivity (Wildman–Crippen MR) is 123 cm³/mol. The molecule has 2 heterocycles. The number of imide groups is 1. The quantitative estimate of drug-likeness (QED) is 0.555. The number of rotatable bonds is 7. The molecule has 0 aromatic heterocycles. The van der Waals surface area contributed by atoms with Crippen molar-refractivity contribution in [3.8, 4) is 5.75 Å². The minimum absolute atomic E-state index is 0.0351. The number of nitrogens with zero attached hydrogens (tertiary/aromatic N) is 2. The number of phenols is 1. The second-order valence-corrected chi connectivity index (χ2v) is 8.80. The van der Waals surface area contributed by atoms with E-state index in [1.54, 1.807) is 12.1 Å². The molecular formula is C25H29N3O5. The highest BCUT2D eigenvalue weighted by atomic mass is 16.4. The lowest BCUT2D eigenvalue weighted by Crippen LogP contribution is -2.53. The maximum atomic E-state index is 13.5. The first-order valence-corrected chi connectivity index (χ1v) is 11.2. The molecule has 4 rings (SSSR count). The van der Waals surface area contributed by atoms with Crippen LogP contribution in [0.2, 0.25) is 0 Å². The van der Waals surface area contributed by atoms with E-state index in [-0.39, 0.29) is 12.3 Å². The maximum absolute atomic E-state index is 13.5. The molecule has 2 saturated heterocycles. The van der Waals surface area contributed by atoms with Crippen molar-refractivity contribution in [1.82, 2.24) is 10.2 Å². The Morgan fingerprint density at radius 2 is 1.76 bits per heavy atom. The summed E-state index contributed by atoms with van der Waals surface area (Å²) in [5.41, 5.74) is 0.384. The summed E-state index contributed by atoms with van der Waals surface area (Å²) < 4.78 is 0. The van der Waals surface area contributed by atoms with Gasteiger partial charge >= 0.3 is 5.97 Å². The molecule has 2 aliphatic rings. The number of hydrogen-bond acceptors (Lipinski definition) is 6. The van der Waals surface area contributed by atoms with Gasteiger partial charge in [-0.15, -0.1) is 0 Å². The summed E-state index contributed by atoms with van der Waals surface area (Å²) in [7, 11) is 0. The lowest BCUT2D eigenvalue weighted by atomic mass is 9.80. The van der Waals surface area contributed by atoms with E-state index < -0.39 is 41.2 Å². The molecule has 0 spiro atoms. The Morgan fingerprint density at radius 1 is 1.09 bits per heavy atom. The molecule has 2 aliphatic heterocycles. The zero-order valence-electron chi connectivity index (χ0n) is 19.0. The fourth-order valence-corrected chi connectivity index (χ4v) is 5.16. The van der Waals surface area contributed by atoms with E-state index in [9.17, 15) is 24.6 Å². The SMILES string of the molecule is CCN(CC)c1ccc([C@@H]2N[C@](C)(C(=O)O)[C@H]3C(=O)N(Cc4ccccc4)C(=O)[C@H]23)c(O)c1. The van der Waals surface area contributed by atoms with Crippen molar-refractivity contribution < 1.29 is 24.6 Å². The minimum Gasteiger partial charge on any atom is -0.508 e.